The van der Waals surface area contributed by atoms with Gasteiger partial charge in [0.2, 0.25) is 5.91 Å². The summed E-state index contributed by atoms with van der Waals surface area (Å²) in [7, 11) is 0. The van der Waals surface area contributed by atoms with Crippen LogP contribution in [0.25, 0.3) is 0 Å². The van der Waals surface area contributed by atoms with Crippen LogP contribution in [-0.2, 0) is 11.3 Å². The first-order valence-corrected chi connectivity index (χ1v) is 7.16. The van der Waals surface area contributed by atoms with Gasteiger partial charge in [0.05, 0.1) is 0 Å². The lowest BCUT2D eigenvalue weighted by Crippen LogP contribution is -2.46. The normalized spacial score (nSPS) is 20.7. The molecule has 0 bridgehead atoms. The summed E-state index contributed by atoms with van der Waals surface area (Å²) < 4.78 is 1.11. The second kappa shape index (κ2) is 6.34. The van der Waals surface area contributed by atoms with Crippen molar-refractivity contribution < 1.29 is 4.79 Å². The van der Waals surface area contributed by atoms with Gasteiger partial charge in [0, 0.05) is 30.5 Å². The molecule has 2 rings (SSSR count). The van der Waals surface area contributed by atoms with E-state index in [1.54, 1.807) is 6.92 Å². The van der Waals surface area contributed by atoms with Crippen LogP contribution < -0.4 is 5.32 Å². The lowest BCUT2D eigenvalue weighted by atomic mass is 10.0. The zero-order valence-corrected chi connectivity index (χ0v) is 12.2. The zero-order chi connectivity index (χ0) is 13.0. The standard InChI is InChI=1S/C14H19BrN2O/c1-11(18)16-14-3-2-8-17(10-14)9-12-4-6-13(15)7-5-12/h4-7,14H,2-3,8-10H2,1H3,(H,16,18). The van der Waals surface area contributed by atoms with Crippen LogP contribution in [0.3, 0.4) is 0 Å². The van der Waals surface area contributed by atoms with Crippen molar-refractivity contribution in [2.24, 2.45) is 0 Å². The molecule has 0 radical (unpaired) electrons. The Hall–Kier alpha value is -0.870. The van der Waals surface area contributed by atoms with Crippen LogP contribution >= 0.6 is 15.9 Å². The van der Waals surface area contributed by atoms with Gasteiger partial charge in [-0.3, -0.25) is 9.69 Å². The lowest BCUT2D eigenvalue weighted by molar-refractivity contribution is -0.120. The largest absolute Gasteiger partial charge is 0.352 e. The van der Waals surface area contributed by atoms with E-state index < -0.39 is 0 Å². The summed E-state index contributed by atoms with van der Waals surface area (Å²) >= 11 is 3.45. The third-order valence-electron chi connectivity index (χ3n) is 3.23. The molecule has 98 valence electrons. The molecule has 1 aliphatic heterocycles. The summed E-state index contributed by atoms with van der Waals surface area (Å²) in [5, 5.41) is 3.02. The van der Waals surface area contributed by atoms with Crippen molar-refractivity contribution in [2.45, 2.75) is 32.4 Å². The minimum absolute atomic E-state index is 0.0745. The van der Waals surface area contributed by atoms with Crippen molar-refractivity contribution in [1.82, 2.24) is 10.2 Å². The number of benzene rings is 1. The Bertz CT molecular complexity index is 405. The van der Waals surface area contributed by atoms with E-state index in [9.17, 15) is 4.79 Å². The summed E-state index contributed by atoms with van der Waals surface area (Å²) in [5.74, 6) is 0.0745. The van der Waals surface area contributed by atoms with Crippen molar-refractivity contribution in [3.63, 3.8) is 0 Å². The minimum Gasteiger partial charge on any atom is -0.352 e. The third-order valence-corrected chi connectivity index (χ3v) is 3.76. The molecule has 18 heavy (non-hydrogen) atoms. The maximum Gasteiger partial charge on any atom is 0.217 e. The molecule has 1 unspecified atom stereocenters. The molecule has 1 aliphatic rings. The predicted octanol–water partition coefficient (Wildman–Crippen LogP) is 2.55. The van der Waals surface area contributed by atoms with Crippen molar-refractivity contribution in [2.75, 3.05) is 13.1 Å². The number of carbonyl (C=O) groups is 1. The summed E-state index contributed by atoms with van der Waals surface area (Å²) in [6.45, 7) is 4.62. The van der Waals surface area contributed by atoms with Gasteiger partial charge in [0.15, 0.2) is 0 Å². The minimum atomic E-state index is 0.0745. The number of rotatable bonds is 3. The Morgan fingerprint density at radius 3 is 2.83 bits per heavy atom. The first-order valence-electron chi connectivity index (χ1n) is 6.37. The van der Waals surface area contributed by atoms with Gasteiger partial charge in [-0.15, -0.1) is 0 Å². The first kappa shape index (κ1) is 13.6. The number of hydrogen-bond donors (Lipinski definition) is 1. The zero-order valence-electron chi connectivity index (χ0n) is 10.7. The van der Waals surface area contributed by atoms with E-state index in [-0.39, 0.29) is 5.91 Å². The summed E-state index contributed by atoms with van der Waals surface area (Å²) in [5.41, 5.74) is 1.32. The number of carbonyl (C=O) groups excluding carboxylic acids is 1. The number of hydrogen-bond acceptors (Lipinski definition) is 2. The fourth-order valence-electron chi connectivity index (χ4n) is 2.45. The average Bonchev–Trinajstić information content (AvgIpc) is 2.32. The molecule has 1 aromatic rings. The van der Waals surface area contributed by atoms with Gasteiger partial charge in [0.25, 0.3) is 0 Å². The SMILES string of the molecule is CC(=O)NC1CCCN(Cc2ccc(Br)cc2)C1. The van der Waals surface area contributed by atoms with Crippen molar-refractivity contribution >= 4 is 21.8 Å². The highest BCUT2D eigenvalue weighted by Gasteiger charge is 2.20. The van der Waals surface area contributed by atoms with E-state index in [0.29, 0.717) is 6.04 Å². The number of nitrogens with one attached hydrogen (secondary N) is 1. The number of amides is 1. The molecule has 4 heteroatoms. The van der Waals surface area contributed by atoms with Gasteiger partial charge in [0.1, 0.15) is 0 Å². The van der Waals surface area contributed by atoms with E-state index in [2.05, 4.69) is 50.4 Å². The Morgan fingerprint density at radius 1 is 1.44 bits per heavy atom. The van der Waals surface area contributed by atoms with Gasteiger partial charge in [-0.2, -0.15) is 0 Å². The number of halogens is 1. The van der Waals surface area contributed by atoms with Crippen molar-refractivity contribution in [3.8, 4) is 0 Å². The topological polar surface area (TPSA) is 32.3 Å². The fraction of sp³-hybridized carbons (Fsp3) is 0.500. The molecular weight excluding hydrogens is 292 g/mol. The Labute approximate surface area is 117 Å². The fourth-order valence-corrected chi connectivity index (χ4v) is 2.72. The molecule has 0 saturated carbocycles. The highest BCUT2D eigenvalue weighted by Crippen LogP contribution is 2.16. The maximum atomic E-state index is 11.1. The van der Waals surface area contributed by atoms with Crippen LogP contribution in [0.2, 0.25) is 0 Å². The average molecular weight is 311 g/mol. The molecule has 0 aliphatic carbocycles. The van der Waals surface area contributed by atoms with Gasteiger partial charge in [-0.05, 0) is 37.1 Å². The third kappa shape index (κ3) is 4.10. The molecular formula is C14H19BrN2O. The predicted molar refractivity (Wildman–Crippen MR) is 76.3 cm³/mol. The molecule has 1 fully saturated rings. The van der Waals surface area contributed by atoms with Crippen LogP contribution in [0.15, 0.2) is 28.7 Å². The monoisotopic (exact) mass is 310 g/mol. The van der Waals surface area contributed by atoms with E-state index in [0.717, 1.165) is 36.9 Å². The van der Waals surface area contributed by atoms with Gasteiger partial charge in [-0.25, -0.2) is 0 Å². The molecule has 0 spiro atoms. The van der Waals surface area contributed by atoms with E-state index in [1.807, 2.05) is 0 Å². The molecule has 1 amide bonds. The number of likely N-dealkylation sites (tertiary alicyclic amines) is 1. The molecule has 1 N–H and O–H groups in total. The number of piperidine rings is 1. The van der Waals surface area contributed by atoms with Crippen LogP contribution in [0.5, 0.6) is 0 Å². The van der Waals surface area contributed by atoms with Crippen LogP contribution in [-0.4, -0.2) is 29.9 Å². The van der Waals surface area contributed by atoms with Gasteiger partial charge < -0.3 is 5.32 Å². The van der Waals surface area contributed by atoms with E-state index in [1.165, 1.54) is 5.56 Å². The Morgan fingerprint density at radius 2 is 2.17 bits per heavy atom. The molecule has 0 aromatic heterocycles. The second-order valence-electron chi connectivity index (χ2n) is 4.90. The first-order chi connectivity index (χ1) is 8.63. The van der Waals surface area contributed by atoms with Gasteiger partial charge >= 0.3 is 0 Å². The lowest BCUT2D eigenvalue weighted by Gasteiger charge is -2.33. The van der Waals surface area contributed by atoms with Gasteiger partial charge in [-0.1, -0.05) is 28.1 Å². The van der Waals surface area contributed by atoms with E-state index in [4.69, 9.17) is 0 Å². The Balaban J connectivity index is 1.89. The smallest absolute Gasteiger partial charge is 0.217 e. The maximum absolute atomic E-state index is 11.1. The molecule has 1 atom stereocenters. The summed E-state index contributed by atoms with van der Waals surface area (Å²) in [6.07, 6.45) is 2.25. The molecule has 1 heterocycles. The molecule has 3 nitrogen and oxygen atoms in total. The molecule has 1 saturated heterocycles. The van der Waals surface area contributed by atoms with Crippen molar-refractivity contribution in [3.05, 3.63) is 34.3 Å². The Kier molecular flexibility index (Phi) is 4.78. The highest BCUT2D eigenvalue weighted by molar-refractivity contribution is 9.10. The highest BCUT2D eigenvalue weighted by atomic mass is 79.9. The van der Waals surface area contributed by atoms with Crippen LogP contribution in [0, 0.1) is 0 Å². The summed E-state index contributed by atoms with van der Waals surface area (Å²) in [6, 6.07) is 8.75. The molecule has 1 aromatic carbocycles. The van der Waals surface area contributed by atoms with Crippen LogP contribution in [0.1, 0.15) is 25.3 Å². The summed E-state index contributed by atoms with van der Waals surface area (Å²) in [4.78, 5) is 13.5. The van der Waals surface area contributed by atoms with Crippen molar-refractivity contribution in [1.29, 1.82) is 0 Å². The van der Waals surface area contributed by atoms with E-state index >= 15 is 0 Å². The van der Waals surface area contributed by atoms with Crippen LogP contribution in [0.4, 0.5) is 0 Å². The number of nitrogens with zero attached hydrogens (tertiary/aromatic N) is 1. The second-order valence-corrected chi connectivity index (χ2v) is 5.82. The quantitative estimate of drug-likeness (QED) is 0.930.